The molecule has 1 aromatic carbocycles. The van der Waals surface area contributed by atoms with E-state index in [1.165, 1.54) is 44.9 Å². The number of para-hydroxylation sites is 1. The molecule has 38 heavy (non-hydrogen) atoms. The van der Waals surface area contributed by atoms with Crippen molar-refractivity contribution in [3.8, 4) is 0 Å². The Bertz CT molecular complexity index is 1000. The summed E-state index contributed by atoms with van der Waals surface area (Å²) in [5.74, 6) is 2.59. The van der Waals surface area contributed by atoms with Crippen LogP contribution in [0.25, 0.3) is 0 Å². The molecule has 5 fully saturated rings. The van der Waals surface area contributed by atoms with E-state index in [-0.39, 0.29) is 18.5 Å². The van der Waals surface area contributed by atoms with Crippen molar-refractivity contribution in [2.75, 3.05) is 18.0 Å². The molecular formula is C32H47N3O3. The second kappa shape index (κ2) is 10.9. The van der Waals surface area contributed by atoms with Gasteiger partial charge >= 0.3 is 5.97 Å². The fraction of sp³-hybridized carbons (Fsp3) is 0.750. The highest BCUT2D eigenvalue weighted by Gasteiger charge is 2.49. The molecule has 0 radical (unpaired) electrons. The monoisotopic (exact) mass is 521 g/mol. The second-order valence-electron chi connectivity index (χ2n) is 13.5. The minimum atomic E-state index is -0.801. The van der Waals surface area contributed by atoms with Crippen molar-refractivity contribution in [3.63, 3.8) is 0 Å². The van der Waals surface area contributed by atoms with E-state index in [2.05, 4.69) is 35.8 Å². The van der Waals surface area contributed by atoms with Gasteiger partial charge in [-0.3, -0.25) is 19.4 Å². The molecule has 208 valence electrons. The quantitative estimate of drug-likeness (QED) is 0.542. The van der Waals surface area contributed by atoms with Crippen LogP contribution < -0.4 is 4.90 Å². The van der Waals surface area contributed by atoms with Crippen molar-refractivity contribution in [2.45, 2.75) is 115 Å². The summed E-state index contributed by atoms with van der Waals surface area (Å²) in [4.78, 5) is 32.7. The average molecular weight is 522 g/mol. The number of hydrogen-bond donors (Lipinski definition) is 1. The normalized spacial score (nSPS) is 39.6. The number of piperidine rings is 2. The van der Waals surface area contributed by atoms with Crippen LogP contribution in [0.3, 0.4) is 0 Å². The molecule has 0 spiro atoms. The molecule has 9 atom stereocenters. The SMILES string of the molecule is CC1CCC2CC1CC(N1C3CCC(C)C1CC(N(C(=O)CN1CCCC1C(=O)O)c1ccccc1)C3)C2. The average Bonchev–Trinajstić information content (AvgIpc) is 3.37. The predicted molar refractivity (Wildman–Crippen MR) is 150 cm³/mol. The van der Waals surface area contributed by atoms with Crippen LogP contribution in [0.15, 0.2) is 30.3 Å². The number of carboxylic acids is 1. The zero-order valence-electron chi connectivity index (χ0n) is 23.4. The van der Waals surface area contributed by atoms with Gasteiger partial charge in [0.25, 0.3) is 0 Å². The van der Waals surface area contributed by atoms with E-state index in [4.69, 9.17) is 0 Å². The van der Waals surface area contributed by atoms with Gasteiger partial charge in [0, 0.05) is 29.9 Å². The van der Waals surface area contributed by atoms with Crippen molar-refractivity contribution in [3.05, 3.63) is 30.3 Å². The summed E-state index contributed by atoms with van der Waals surface area (Å²) in [6.07, 6.45) is 13.1. The Hall–Kier alpha value is -1.92. The summed E-state index contributed by atoms with van der Waals surface area (Å²) < 4.78 is 0. The number of carboxylic acid groups (broad SMARTS) is 1. The van der Waals surface area contributed by atoms with Gasteiger partial charge in [-0.2, -0.15) is 0 Å². The third kappa shape index (κ3) is 5.03. The zero-order valence-corrected chi connectivity index (χ0v) is 23.4. The first-order valence-electron chi connectivity index (χ1n) is 15.5. The highest BCUT2D eigenvalue weighted by atomic mass is 16.4. The number of aliphatic carboxylic acids is 1. The smallest absolute Gasteiger partial charge is 0.320 e. The maximum atomic E-state index is 14.0. The lowest BCUT2D eigenvalue weighted by Gasteiger charge is -2.58. The molecule has 4 bridgehead atoms. The third-order valence-corrected chi connectivity index (χ3v) is 11.2. The summed E-state index contributed by atoms with van der Waals surface area (Å²) in [6, 6.07) is 11.6. The number of fused-ring (bicyclic) bond motifs is 4. The van der Waals surface area contributed by atoms with Crippen LogP contribution in [-0.4, -0.2) is 70.1 Å². The Morgan fingerprint density at radius 1 is 0.895 bits per heavy atom. The molecule has 1 N–H and O–H groups in total. The Balaban J connectivity index is 1.24. The molecule has 1 aromatic rings. The van der Waals surface area contributed by atoms with Gasteiger partial charge in [0.1, 0.15) is 6.04 Å². The lowest BCUT2D eigenvalue weighted by atomic mass is 9.64. The van der Waals surface area contributed by atoms with Crippen molar-refractivity contribution in [1.29, 1.82) is 0 Å². The van der Waals surface area contributed by atoms with E-state index in [9.17, 15) is 14.7 Å². The molecule has 6 rings (SSSR count). The minimum Gasteiger partial charge on any atom is -0.480 e. The van der Waals surface area contributed by atoms with Crippen LogP contribution in [0.5, 0.6) is 0 Å². The van der Waals surface area contributed by atoms with Crippen molar-refractivity contribution in [1.82, 2.24) is 9.80 Å². The van der Waals surface area contributed by atoms with Gasteiger partial charge in [-0.05, 0) is 100 Å². The Kier molecular flexibility index (Phi) is 7.56. The summed E-state index contributed by atoms with van der Waals surface area (Å²) in [6.45, 7) is 5.81. The molecule has 6 nitrogen and oxygen atoms in total. The van der Waals surface area contributed by atoms with Crippen LogP contribution in [-0.2, 0) is 9.59 Å². The highest BCUT2D eigenvalue weighted by molar-refractivity contribution is 5.95. The zero-order chi connectivity index (χ0) is 26.4. The van der Waals surface area contributed by atoms with E-state index in [1.54, 1.807) is 0 Å². The first kappa shape index (κ1) is 26.3. The fourth-order valence-corrected chi connectivity index (χ4v) is 9.24. The van der Waals surface area contributed by atoms with Gasteiger partial charge in [-0.1, -0.05) is 44.9 Å². The number of anilines is 1. The van der Waals surface area contributed by atoms with Gasteiger partial charge in [0.05, 0.1) is 6.54 Å². The van der Waals surface area contributed by atoms with Gasteiger partial charge < -0.3 is 10.0 Å². The molecule has 2 saturated carbocycles. The Morgan fingerprint density at radius 3 is 2.47 bits per heavy atom. The lowest BCUT2D eigenvalue weighted by Crippen LogP contribution is -2.64. The summed E-state index contributed by atoms with van der Waals surface area (Å²) >= 11 is 0. The molecule has 0 aromatic heterocycles. The topological polar surface area (TPSA) is 64.1 Å². The molecule has 3 saturated heterocycles. The number of carbonyl (C=O) groups excluding carboxylic acids is 1. The van der Waals surface area contributed by atoms with Crippen LogP contribution >= 0.6 is 0 Å². The van der Waals surface area contributed by atoms with E-state index in [0.29, 0.717) is 37.0 Å². The molecule has 3 heterocycles. The maximum Gasteiger partial charge on any atom is 0.320 e. The second-order valence-corrected chi connectivity index (χ2v) is 13.5. The first-order chi connectivity index (χ1) is 18.4. The summed E-state index contributed by atoms with van der Waals surface area (Å²) in [5, 5.41) is 9.70. The number of likely N-dealkylation sites (tertiary alicyclic amines) is 1. The van der Waals surface area contributed by atoms with Gasteiger partial charge in [0.15, 0.2) is 0 Å². The molecule has 9 unspecified atom stereocenters. The maximum absolute atomic E-state index is 14.0. The number of benzene rings is 1. The van der Waals surface area contributed by atoms with E-state index < -0.39 is 12.0 Å². The fourth-order valence-electron chi connectivity index (χ4n) is 9.24. The number of rotatable bonds is 6. The van der Waals surface area contributed by atoms with Gasteiger partial charge in [-0.15, -0.1) is 0 Å². The third-order valence-electron chi connectivity index (χ3n) is 11.2. The number of nitrogens with zero attached hydrogens (tertiary/aromatic N) is 3. The molecule has 3 aliphatic heterocycles. The van der Waals surface area contributed by atoms with Crippen molar-refractivity contribution < 1.29 is 14.7 Å². The largest absolute Gasteiger partial charge is 0.480 e. The summed E-state index contributed by atoms with van der Waals surface area (Å²) in [5.41, 5.74) is 0.966. The molecule has 2 aliphatic carbocycles. The standard InChI is InChI=1S/C32H47N3O3/c1-21-10-12-23-15-24(21)17-27(16-23)34-26-13-11-22(2)30(34)19-28(18-26)35(25-7-4-3-5-8-25)31(36)20-33-14-6-9-29(33)32(37)38/h3-5,7-8,21-24,26-30H,6,9-20H2,1-2H3,(H,37,38). The number of amides is 1. The van der Waals surface area contributed by atoms with Crippen molar-refractivity contribution >= 4 is 17.6 Å². The number of hydrogen-bond acceptors (Lipinski definition) is 4. The van der Waals surface area contributed by atoms with Crippen LogP contribution in [0.4, 0.5) is 5.69 Å². The van der Waals surface area contributed by atoms with Crippen molar-refractivity contribution in [2.24, 2.45) is 23.7 Å². The van der Waals surface area contributed by atoms with E-state index in [1.807, 2.05) is 23.1 Å². The molecular weight excluding hydrogens is 474 g/mol. The van der Waals surface area contributed by atoms with Crippen LogP contribution in [0.1, 0.15) is 84.5 Å². The Morgan fingerprint density at radius 2 is 1.68 bits per heavy atom. The summed E-state index contributed by atoms with van der Waals surface area (Å²) in [7, 11) is 0. The highest BCUT2D eigenvalue weighted by Crippen LogP contribution is 2.49. The van der Waals surface area contributed by atoms with Crippen LogP contribution in [0.2, 0.25) is 0 Å². The van der Waals surface area contributed by atoms with Gasteiger partial charge in [-0.25, -0.2) is 0 Å². The van der Waals surface area contributed by atoms with E-state index in [0.717, 1.165) is 42.7 Å². The van der Waals surface area contributed by atoms with E-state index >= 15 is 0 Å². The van der Waals surface area contributed by atoms with Crippen LogP contribution in [0, 0.1) is 23.7 Å². The lowest BCUT2D eigenvalue weighted by molar-refractivity contribution is -0.142. The first-order valence-corrected chi connectivity index (χ1v) is 15.5. The minimum absolute atomic E-state index is 0.0644. The Labute approximate surface area is 228 Å². The number of carbonyl (C=O) groups is 2. The molecule has 6 heteroatoms. The molecule has 1 amide bonds. The molecule has 5 aliphatic rings. The predicted octanol–water partition coefficient (Wildman–Crippen LogP) is 5.41. The van der Waals surface area contributed by atoms with Gasteiger partial charge in [0.2, 0.25) is 5.91 Å².